The number of primary amides is 1. The van der Waals surface area contributed by atoms with Crippen LogP contribution in [0.1, 0.15) is 19.4 Å². The first-order valence-corrected chi connectivity index (χ1v) is 8.12. The molecule has 8 nitrogen and oxygen atoms in total. The molecule has 3 rings (SSSR count). The summed E-state index contributed by atoms with van der Waals surface area (Å²) in [6.07, 6.45) is 6.70. The Balaban J connectivity index is 1.79. The Labute approximate surface area is 146 Å². The average Bonchev–Trinajstić information content (AvgIpc) is 2.60. The summed E-state index contributed by atoms with van der Waals surface area (Å²) < 4.78 is 5.90. The van der Waals surface area contributed by atoms with E-state index in [0.29, 0.717) is 37.9 Å². The Morgan fingerprint density at radius 1 is 1.20 bits per heavy atom. The molecule has 0 atom stereocenters. The van der Waals surface area contributed by atoms with E-state index in [1.54, 1.807) is 29.7 Å². The number of hydrogen-bond acceptors (Lipinski definition) is 6. The van der Waals surface area contributed by atoms with Gasteiger partial charge in [0.2, 0.25) is 0 Å². The zero-order chi connectivity index (χ0) is 17.9. The van der Waals surface area contributed by atoms with Gasteiger partial charge in [0.25, 0.3) is 5.88 Å². The van der Waals surface area contributed by atoms with Crippen LogP contribution < -0.4 is 15.4 Å². The molecule has 1 saturated heterocycles. The minimum Gasteiger partial charge on any atom is -0.470 e. The molecule has 8 heteroatoms. The molecule has 2 N–H and O–H groups in total. The first-order chi connectivity index (χ1) is 12.0. The van der Waals surface area contributed by atoms with Crippen molar-refractivity contribution in [2.45, 2.75) is 26.0 Å². The molecular formula is C17H22N6O2. The third kappa shape index (κ3) is 3.78. The molecule has 2 amide bonds. The van der Waals surface area contributed by atoms with E-state index in [1.807, 2.05) is 26.0 Å². The second-order valence-electron chi connectivity index (χ2n) is 6.55. The molecule has 0 spiro atoms. The molecule has 0 saturated carbocycles. The summed E-state index contributed by atoms with van der Waals surface area (Å²) >= 11 is 0. The van der Waals surface area contributed by atoms with Gasteiger partial charge in [0.15, 0.2) is 5.82 Å². The quantitative estimate of drug-likeness (QED) is 0.903. The maximum atomic E-state index is 11.5. The normalized spacial score (nSPS) is 16.6. The number of aromatic nitrogens is 3. The Morgan fingerprint density at radius 3 is 2.60 bits per heavy atom. The van der Waals surface area contributed by atoms with Crippen LogP contribution in [-0.2, 0) is 6.61 Å². The van der Waals surface area contributed by atoms with Crippen molar-refractivity contribution >= 4 is 11.8 Å². The summed E-state index contributed by atoms with van der Waals surface area (Å²) in [5.41, 5.74) is 6.09. The van der Waals surface area contributed by atoms with Crippen molar-refractivity contribution in [3.05, 3.63) is 42.5 Å². The molecule has 2 aromatic heterocycles. The number of piperazine rings is 1. The number of rotatable bonds is 4. The van der Waals surface area contributed by atoms with E-state index in [4.69, 9.17) is 10.5 Å². The van der Waals surface area contributed by atoms with E-state index in [-0.39, 0.29) is 5.54 Å². The first-order valence-electron chi connectivity index (χ1n) is 8.12. The molecule has 2 aromatic rings. The lowest BCUT2D eigenvalue weighted by atomic mass is 9.99. The lowest BCUT2D eigenvalue weighted by molar-refractivity contribution is 0.176. The van der Waals surface area contributed by atoms with Crippen LogP contribution in [0.2, 0.25) is 0 Å². The van der Waals surface area contributed by atoms with Crippen LogP contribution in [0.25, 0.3) is 0 Å². The number of hydrogen-bond donors (Lipinski definition) is 1. The van der Waals surface area contributed by atoms with Crippen LogP contribution in [0, 0.1) is 0 Å². The molecular weight excluding hydrogens is 320 g/mol. The number of carbonyl (C=O) groups is 1. The highest BCUT2D eigenvalue weighted by atomic mass is 16.5. The second kappa shape index (κ2) is 6.92. The first kappa shape index (κ1) is 16.9. The molecule has 1 aliphatic heterocycles. The third-order valence-electron chi connectivity index (χ3n) is 4.24. The summed E-state index contributed by atoms with van der Waals surface area (Å²) in [7, 11) is 0. The number of carbonyl (C=O) groups excluding carboxylic acids is 1. The lowest BCUT2D eigenvalue weighted by Gasteiger charge is -2.47. The molecule has 0 aromatic carbocycles. The number of nitrogens with zero attached hydrogens (tertiary/aromatic N) is 5. The van der Waals surface area contributed by atoms with Gasteiger partial charge >= 0.3 is 6.03 Å². The average molecular weight is 342 g/mol. The fraction of sp³-hybridized carbons (Fsp3) is 0.412. The minimum atomic E-state index is -0.402. The largest absolute Gasteiger partial charge is 0.470 e. The number of urea groups is 1. The van der Waals surface area contributed by atoms with Gasteiger partial charge < -0.3 is 20.3 Å². The summed E-state index contributed by atoms with van der Waals surface area (Å²) in [5.74, 6) is 1.14. The van der Waals surface area contributed by atoms with Gasteiger partial charge in [-0.05, 0) is 31.5 Å². The smallest absolute Gasteiger partial charge is 0.314 e. The van der Waals surface area contributed by atoms with Crippen molar-refractivity contribution in [1.82, 2.24) is 19.9 Å². The summed E-state index contributed by atoms with van der Waals surface area (Å²) in [5, 5.41) is 0. The summed E-state index contributed by atoms with van der Waals surface area (Å²) in [4.78, 5) is 28.0. The lowest BCUT2D eigenvalue weighted by Crippen LogP contribution is -2.61. The Morgan fingerprint density at radius 2 is 1.92 bits per heavy atom. The monoisotopic (exact) mass is 342 g/mol. The maximum Gasteiger partial charge on any atom is 0.314 e. The topological polar surface area (TPSA) is 97.5 Å². The van der Waals surface area contributed by atoms with Crippen molar-refractivity contribution in [3.8, 4) is 5.88 Å². The van der Waals surface area contributed by atoms with E-state index >= 15 is 0 Å². The van der Waals surface area contributed by atoms with E-state index in [9.17, 15) is 4.79 Å². The van der Waals surface area contributed by atoms with E-state index in [1.165, 1.54) is 0 Å². The van der Waals surface area contributed by atoms with Crippen LogP contribution in [0.3, 0.4) is 0 Å². The molecule has 0 radical (unpaired) electrons. The van der Waals surface area contributed by atoms with Gasteiger partial charge in [-0.25, -0.2) is 14.8 Å². The zero-order valence-electron chi connectivity index (χ0n) is 14.4. The van der Waals surface area contributed by atoms with Crippen LogP contribution in [0.15, 0.2) is 36.9 Å². The van der Waals surface area contributed by atoms with Crippen molar-refractivity contribution in [3.63, 3.8) is 0 Å². The van der Waals surface area contributed by atoms with Gasteiger partial charge in [-0.15, -0.1) is 0 Å². The number of anilines is 1. The van der Waals surface area contributed by atoms with Crippen molar-refractivity contribution in [2.75, 3.05) is 24.5 Å². The Kier molecular flexibility index (Phi) is 4.69. The summed E-state index contributed by atoms with van der Waals surface area (Å²) in [6.45, 7) is 6.14. The number of pyridine rings is 1. The Hall–Kier alpha value is -2.90. The standard InChI is InChI=1S/C17H22N6O2/c1-17(2)12-22(16(18)24)9-10-23(17)14-15(21-8-7-20-14)25-11-13-3-5-19-6-4-13/h3-8H,9-12H2,1-2H3,(H2,18,24). The molecule has 1 aliphatic rings. The van der Waals surface area contributed by atoms with E-state index in [2.05, 4.69) is 19.9 Å². The van der Waals surface area contributed by atoms with Gasteiger partial charge in [0.05, 0.1) is 5.54 Å². The number of amides is 2. The van der Waals surface area contributed by atoms with E-state index in [0.717, 1.165) is 5.56 Å². The summed E-state index contributed by atoms with van der Waals surface area (Å²) in [6, 6.07) is 3.39. The van der Waals surface area contributed by atoms with Crippen LogP contribution in [0.5, 0.6) is 5.88 Å². The fourth-order valence-corrected chi connectivity index (χ4v) is 2.97. The van der Waals surface area contributed by atoms with Gasteiger partial charge in [-0.3, -0.25) is 4.98 Å². The van der Waals surface area contributed by atoms with Gasteiger partial charge in [-0.1, -0.05) is 0 Å². The molecule has 1 fully saturated rings. The SMILES string of the molecule is CC1(C)CN(C(N)=O)CCN1c1nccnc1OCc1ccncc1. The molecule has 0 aliphatic carbocycles. The minimum absolute atomic E-state index is 0.335. The van der Waals surface area contributed by atoms with Gasteiger partial charge in [0.1, 0.15) is 6.61 Å². The predicted molar refractivity (Wildman–Crippen MR) is 93.2 cm³/mol. The van der Waals surface area contributed by atoms with Gasteiger partial charge in [-0.2, -0.15) is 0 Å². The second-order valence-corrected chi connectivity index (χ2v) is 6.55. The van der Waals surface area contributed by atoms with Crippen molar-refractivity contribution < 1.29 is 9.53 Å². The van der Waals surface area contributed by atoms with Crippen LogP contribution in [-0.4, -0.2) is 51.1 Å². The van der Waals surface area contributed by atoms with Crippen molar-refractivity contribution in [2.24, 2.45) is 5.73 Å². The highest BCUT2D eigenvalue weighted by molar-refractivity contribution is 5.72. The van der Waals surface area contributed by atoms with Crippen LogP contribution >= 0.6 is 0 Å². The highest BCUT2D eigenvalue weighted by Gasteiger charge is 2.37. The van der Waals surface area contributed by atoms with Crippen molar-refractivity contribution in [1.29, 1.82) is 0 Å². The fourth-order valence-electron chi connectivity index (χ4n) is 2.97. The molecule has 0 bridgehead atoms. The molecule has 3 heterocycles. The van der Waals surface area contributed by atoms with Crippen LogP contribution in [0.4, 0.5) is 10.6 Å². The van der Waals surface area contributed by atoms with E-state index < -0.39 is 6.03 Å². The highest BCUT2D eigenvalue weighted by Crippen LogP contribution is 2.32. The number of nitrogens with two attached hydrogens (primary N) is 1. The predicted octanol–water partition coefficient (Wildman–Crippen LogP) is 1.43. The molecule has 0 unspecified atom stereocenters. The Bertz CT molecular complexity index is 737. The third-order valence-corrected chi connectivity index (χ3v) is 4.24. The van der Waals surface area contributed by atoms with Gasteiger partial charge in [0, 0.05) is 44.4 Å². The molecule has 25 heavy (non-hydrogen) atoms. The zero-order valence-corrected chi connectivity index (χ0v) is 14.4. The number of ether oxygens (including phenoxy) is 1. The molecule has 132 valence electrons. The maximum absolute atomic E-state index is 11.5.